The van der Waals surface area contributed by atoms with Crippen molar-refractivity contribution in [1.29, 1.82) is 0 Å². The van der Waals surface area contributed by atoms with Crippen LogP contribution in [0.25, 0.3) is 10.9 Å². The zero-order chi connectivity index (χ0) is 13.1. The molecule has 1 fully saturated rings. The third kappa shape index (κ3) is 1.40. The topological polar surface area (TPSA) is 42.2 Å². The molecule has 0 amide bonds. The fraction of sp³-hybridized carbons (Fsp3) is 0.400. The minimum Gasteiger partial charge on any atom is -0.481 e. The minimum absolute atomic E-state index is 0.131. The summed E-state index contributed by atoms with van der Waals surface area (Å²) >= 11 is 0. The molecule has 3 rings (SSSR count). The first-order chi connectivity index (χ1) is 8.43. The number of aliphatic carboxylic acids is 1. The number of aryl methyl sites for hydroxylation is 1. The summed E-state index contributed by atoms with van der Waals surface area (Å²) in [7, 11) is 2.02. The summed E-state index contributed by atoms with van der Waals surface area (Å²) in [6, 6.07) is 8.35. The number of carboxylic acids is 1. The zero-order valence-electron chi connectivity index (χ0n) is 10.8. The van der Waals surface area contributed by atoms with Crippen LogP contribution in [0.4, 0.5) is 0 Å². The van der Waals surface area contributed by atoms with E-state index < -0.39 is 5.97 Å². The molecule has 0 spiro atoms. The van der Waals surface area contributed by atoms with Crippen LogP contribution >= 0.6 is 0 Å². The van der Waals surface area contributed by atoms with Gasteiger partial charge in [0, 0.05) is 24.7 Å². The molecule has 1 aliphatic carbocycles. The molecule has 0 unspecified atom stereocenters. The van der Waals surface area contributed by atoms with Crippen molar-refractivity contribution in [2.24, 2.45) is 18.4 Å². The maximum absolute atomic E-state index is 11.2. The average Bonchev–Trinajstić information content (AvgIpc) is 2.70. The van der Waals surface area contributed by atoms with E-state index in [9.17, 15) is 9.90 Å². The first-order valence-corrected chi connectivity index (χ1v) is 6.20. The van der Waals surface area contributed by atoms with Crippen molar-refractivity contribution < 1.29 is 9.90 Å². The Balaban J connectivity index is 2.04. The number of carbonyl (C=O) groups is 1. The number of carboxylic acid groups (broad SMARTS) is 1. The molecule has 3 nitrogen and oxygen atoms in total. The molecule has 18 heavy (non-hydrogen) atoms. The molecule has 1 saturated carbocycles. The van der Waals surface area contributed by atoms with Crippen molar-refractivity contribution in [3.63, 3.8) is 0 Å². The van der Waals surface area contributed by atoms with Crippen molar-refractivity contribution in [3.05, 3.63) is 36.0 Å². The summed E-state index contributed by atoms with van der Waals surface area (Å²) in [6.07, 6.45) is 2.03. The molecule has 0 saturated heterocycles. The Morgan fingerprint density at radius 3 is 2.67 bits per heavy atom. The van der Waals surface area contributed by atoms with Crippen LogP contribution in [-0.4, -0.2) is 15.6 Å². The van der Waals surface area contributed by atoms with Gasteiger partial charge in [0.05, 0.1) is 5.92 Å². The molecule has 0 radical (unpaired) electrons. The molecule has 1 aromatic heterocycles. The highest BCUT2D eigenvalue weighted by Gasteiger charge is 2.62. The van der Waals surface area contributed by atoms with Gasteiger partial charge < -0.3 is 9.67 Å². The third-order valence-electron chi connectivity index (χ3n) is 4.36. The van der Waals surface area contributed by atoms with Gasteiger partial charge in [-0.3, -0.25) is 4.79 Å². The molecule has 3 heteroatoms. The fourth-order valence-corrected chi connectivity index (χ4v) is 3.21. The third-order valence-corrected chi connectivity index (χ3v) is 4.36. The molecule has 2 aromatic rings. The quantitative estimate of drug-likeness (QED) is 0.881. The van der Waals surface area contributed by atoms with Crippen LogP contribution < -0.4 is 0 Å². The highest BCUT2D eigenvalue weighted by molar-refractivity contribution is 5.83. The van der Waals surface area contributed by atoms with Crippen molar-refractivity contribution in [2.75, 3.05) is 0 Å². The lowest BCUT2D eigenvalue weighted by Gasteiger charge is -2.04. The summed E-state index contributed by atoms with van der Waals surface area (Å²) in [4.78, 5) is 11.2. The Bertz CT molecular complexity index is 639. The maximum Gasteiger partial charge on any atom is 0.307 e. The summed E-state index contributed by atoms with van der Waals surface area (Å²) in [6.45, 7) is 4.07. The Hall–Kier alpha value is -1.77. The molecular weight excluding hydrogens is 226 g/mol. The largest absolute Gasteiger partial charge is 0.481 e. The van der Waals surface area contributed by atoms with Crippen LogP contribution in [0.3, 0.4) is 0 Å². The van der Waals surface area contributed by atoms with Gasteiger partial charge in [-0.05, 0) is 34.6 Å². The molecule has 1 aliphatic rings. The second kappa shape index (κ2) is 3.37. The van der Waals surface area contributed by atoms with Crippen molar-refractivity contribution >= 4 is 16.9 Å². The van der Waals surface area contributed by atoms with Crippen LogP contribution in [0.5, 0.6) is 0 Å². The zero-order valence-corrected chi connectivity index (χ0v) is 10.8. The van der Waals surface area contributed by atoms with E-state index in [0.29, 0.717) is 0 Å². The van der Waals surface area contributed by atoms with Gasteiger partial charge in [0.25, 0.3) is 0 Å². The summed E-state index contributed by atoms with van der Waals surface area (Å²) in [5, 5.41) is 10.4. The number of aromatic nitrogens is 1. The Labute approximate surface area is 106 Å². The number of nitrogens with zero attached hydrogens (tertiary/aromatic N) is 1. The van der Waals surface area contributed by atoms with Gasteiger partial charge >= 0.3 is 5.97 Å². The highest BCUT2D eigenvalue weighted by Crippen LogP contribution is 2.64. The van der Waals surface area contributed by atoms with Crippen LogP contribution in [0.15, 0.2) is 30.5 Å². The van der Waals surface area contributed by atoms with Crippen LogP contribution in [0.1, 0.15) is 25.3 Å². The predicted octanol–water partition coefficient (Wildman–Crippen LogP) is 3.00. The summed E-state index contributed by atoms with van der Waals surface area (Å²) in [5.41, 5.74) is 2.20. The van der Waals surface area contributed by atoms with E-state index in [2.05, 4.69) is 28.8 Å². The van der Waals surface area contributed by atoms with Gasteiger partial charge in [-0.25, -0.2) is 0 Å². The van der Waals surface area contributed by atoms with E-state index in [1.165, 1.54) is 10.9 Å². The lowest BCUT2D eigenvalue weighted by molar-refractivity contribution is -0.139. The number of fused-ring (bicyclic) bond motifs is 1. The van der Waals surface area contributed by atoms with E-state index >= 15 is 0 Å². The highest BCUT2D eigenvalue weighted by atomic mass is 16.4. The molecule has 1 N–H and O–H groups in total. The number of benzene rings is 1. The van der Waals surface area contributed by atoms with Crippen LogP contribution in [0, 0.1) is 11.3 Å². The standard InChI is InChI=1S/C15H17NO2/c1-15(2)12(13(15)14(17)18)10-4-5-11-9(8-10)6-7-16(11)3/h4-8,12-13H,1-3H3,(H,17,18)/t12-,13+/m0/s1. The smallest absolute Gasteiger partial charge is 0.307 e. The predicted molar refractivity (Wildman–Crippen MR) is 70.6 cm³/mol. The second-order valence-corrected chi connectivity index (χ2v) is 5.86. The number of rotatable bonds is 2. The van der Waals surface area contributed by atoms with E-state index in [4.69, 9.17) is 0 Å². The minimum atomic E-state index is -0.682. The van der Waals surface area contributed by atoms with E-state index in [1.54, 1.807) is 0 Å². The van der Waals surface area contributed by atoms with Crippen molar-refractivity contribution in [2.45, 2.75) is 19.8 Å². The normalized spacial score (nSPS) is 25.3. The van der Waals surface area contributed by atoms with E-state index in [-0.39, 0.29) is 17.3 Å². The average molecular weight is 243 g/mol. The summed E-state index contributed by atoms with van der Waals surface area (Å²) in [5.74, 6) is -0.795. The molecular formula is C15H17NO2. The van der Waals surface area contributed by atoms with Crippen molar-refractivity contribution in [1.82, 2.24) is 4.57 Å². The Morgan fingerprint density at radius 1 is 1.33 bits per heavy atom. The molecule has 1 heterocycles. The Morgan fingerprint density at radius 2 is 2.06 bits per heavy atom. The summed E-state index contributed by atoms with van der Waals surface area (Å²) < 4.78 is 2.08. The SMILES string of the molecule is Cn1ccc2cc([C@H]3[C@H](C(=O)O)C3(C)C)ccc21. The van der Waals surface area contributed by atoms with Gasteiger partial charge in [-0.2, -0.15) is 0 Å². The second-order valence-electron chi connectivity index (χ2n) is 5.86. The molecule has 0 bridgehead atoms. The van der Waals surface area contributed by atoms with Crippen LogP contribution in [-0.2, 0) is 11.8 Å². The lowest BCUT2D eigenvalue weighted by Crippen LogP contribution is -2.03. The first-order valence-electron chi connectivity index (χ1n) is 6.20. The lowest BCUT2D eigenvalue weighted by atomic mass is 10.0. The van der Waals surface area contributed by atoms with E-state index in [0.717, 1.165) is 5.56 Å². The Kier molecular flexibility index (Phi) is 2.12. The van der Waals surface area contributed by atoms with Crippen molar-refractivity contribution in [3.8, 4) is 0 Å². The monoisotopic (exact) mass is 243 g/mol. The maximum atomic E-state index is 11.2. The molecule has 1 aromatic carbocycles. The van der Waals surface area contributed by atoms with Gasteiger partial charge in [0.1, 0.15) is 0 Å². The first kappa shape index (κ1) is 11.3. The van der Waals surface area contributed by atoms with Gasteiger partial charge in [-0.1, -0.05) is 19.9 Å². The van der Waals surface area contributed by atoms with Crippen LogP contribution in [0.2, 0.25) is 0 Å². The van der Waals surface area contributed by atoms with E-state index in [1.807, 2.05) is 27.1 Å². The molecule has 94 valence electrons. The fourth-order valence-electron chi connectivity index (χ4n) is 3.21. The molecule has 0 aliphatic heterocycles. The molecule has 2 atom stereocenters. The number of hydrogen-bond acceptors (Lipinski definition) is 1. The van der Waals surface area contributed by atoms with Gasteiger partial charge in [0.2, 0.25) is 0 Å². The van der Waals surface area contributed by atoms with Gasteiger partial charge in [-0.15, -0.1) is 0 Å². The number of hydrogen-bond donors (Lipinski definition) is 1. The van der Waals surface area contributed by atoms with Gasteiger partial charge in [0.15, 0.2) is 0 Å².